The third-order valence-corrected chi connectivity index (χ3v) is 6.67. The van der Waals surface area contributed by atoms with Crippen molar-refractivity contribution in [1.29, 1.82) is 5.41 Å². The average Bonchev–Trinajstić information content (AvgIpc) is 2.83. The van der Waals surface area contributed by atoms with Crippen molar-refractivity contribution < 1.29 is 9.53 Å². The van der Waals surface area contributed by atoms with Crippen LogP contribution in [0.1, 0.15) is 79.5 Å². The van der Waals surface area contributed by atoms with Gasteiger partial charge in [-0.05, 0) is 50.8 Å². The Morgan fingerprint density at radius 1 is 1.21 bits per heavy atom. The monoisotopic (exact) mass is 451 g/mol. The molecular formula is C25H33N5O3. The van der Waals surface area contributed by atoms with Gasteiger partial charge in [-0.3, -0.25) is 9.59 Å². The van der Waals surface area contributed by atoms with Crippen LogP contribution in [-0.2, 0) is 0 Å². The number of piperidine rings is 1. The molecule has 0 spiro atoms. The molecule has 0 radical (unpaired) electrons. The first-order valence-electron chi connectivity index (χ1n) is 11.9. The summed E-state index contributed by atoms with van der Waals surface area (Å²) in [6.45, 7) is 2.78. The molecule has 3 N–H and O–H groups in total. The Balaban J connectivity index is 1.57. The van der Waals surface area contributed by atoms with Gasteiger partial charge in [0, 0.05) is 36.3 Å². The molecule has 1 aliphatic carbocycles. The lowest BCUT2D eigenvalue weighted by atomic mass is 9.95. The van der Waals surface area contributed by atoms with E-state index in [4.69, 9.17) is 15.1 Å². The molecule has 8 nitrogen and oxygen atoms in total. The number of carbonyl (C=O) groups is 1. The van der Waals surface area contributed by atoms with Crippen LogP contribution in [0.5, 0.6) is 5.75 Å². The maximum Gasteiger partial charge on any atom is 0.262 e. The van der Waals surface area contributed by atoms with Crippen molar-refractivity contribution in [2.24, 2.45) is 0 Å². The van der Waals surface area contributed by atoms with Crippen molar-refractivity contribution in [3.63, 3.8) is 0 Å². The summed E-state index contributed by atoms with van der Waals surface area (Å²) in [5.41, 5.74) is 0.810. The molecule has 176 valence electrons. The van der Waals surface area contributed by atoms with Gasteiger partial charge in [0.05, 0.1) is 7.11 Å². The van der Waals surface area contributed by atoms with E-state index < -0.39 is 0 Å². The summed E-state index contributed by atoms with van der Waals surface area (Å²) in [5, 5.41) is 11.6. The maximum absolute atomic E-state index is 13.1. The fraction of sp³-hybridized carbons (Fsp3) is 0.520. The number of H-pyrrole nitrogens is 1. The zero-order valence-electron chi connectivity index (χ0n) is 19.4. The fourth-order valence-electron chi connectivity index (χ4n) is 4.90. The van der Waals surface area contributed by atoms with Gasteiger partial charge in [0.2, 0.25) is 0 Å². The lowest BCUT2D eigenvalue weighted by Gasteiger charge is -2.33. The molecule has 4 rings (SSSR count). The Labute approximate surface area is 194 Å². The second kappa shape index (κ2) is 10.2. The number of hydrogen-bond donors (Lipinski definition) is 3. The number of anilines is 1. The topological polar surface area (TPSA) is 111 Å². The predicted octanol–water partition coefficient (Wildman–Crippen LogP) is 3.93. The summed E-state index contributed by atoms with van der Waals surface area (Å²) >= 11 is 0. The second-order valence-corrected chi connectivity index (χ2v) is 9.10. The molecule has 1 unspecified atom stereocenters. The third-order valence-electron chi connectivity index (χ3n) is 6.67. The van der Waals surface area contributed by atoms with Gasteiger partial charge >= 0.3 is 0 Å². The van der Waals surface area contributed by atoms with Gasteiger partial charge in [-0.15, -0.1) is 0 Å². The van der Waals surface area contributed by atoms with Gasteiger partial charge in [-0.25, -0.2) is 4.98 Å². The zero-order valence-corrected chi connectivity index (χ0v) is 19.4. The number of benzene rings is 1. The number of aromatic amines is 1. The zero-order chi connectivity index (χ0) is 23.4. The number of carbonyl (C=O) groups excluding carboxylic acids is 1. The smallest absolute Gasteiger partial charge is 0.262 e. The molecule has 1 aromatic carbocycles. The van der Waals surface area contributed by atoms with Gasteiger partial charge in [0.25, 0.3) is 11.5 Å². The number of aromatic nitrogens is 2. The van der Waals surface area contributed by atoms with Crippen LogP contribution in [0.3, 0.4) is 0 Å². The first kappa shape index (κ1) is 23.0. The number of likely N-dealkylation sites (tertiary alicyclic amines) is 1. The molecule has 8 heteroatoms. The highest BCUT2D eigenvalue weighted by Crippen LogP contribution is 2.28. The highest BCUT2D eigenvalue weighted by Gasteiger charge is 2.29. The molecular weight excluding hydrogens is 418 g/mol. The van der Waals surface area contributed by atoms with E-state index in [1.54, 1.807) is 26.2 Å². The van der Waals surface area contributed by atoms with Crippen LogP contribution in [0, 0.1) is 5.41 Å². The Bertz CT molecular complexity index is 1070. The number of nitrogens with one attached hydrogen (secondary N) is 3. The Kier molecular flexibility index (Phi) is 7.11. The van der Waals surface area contributed by atoms with Gasteiger partial charge in [0.1, 0.15) is 23.0 Å². The largest absolute Gasteiger partial charge is 0.497 e. The summed E-state index contributed by atoms with van der Waals surface area (Å²) in [6, 6.07) is 7.45. The number of nitrogens with zero attached hydrogens (tertiary/aromatic N) is 2. The van der Waals surface area contributed by atoms with E-state index in [1.807, 2.05) is 17.0 Å². The lowest BCUT2D eigenvalue weighted by molar-refractivity contribution is 0.0704. The molecule has 1 aliphatic heterocycles. The Hall–Kier alpha value is -3.16. The molecule has 2 aliphatic rings. The number of methoxy groups -OCH3 is 1. The standard InChI is InChI=1S/C25H33N5O3/c1-16(26)21-23(27-19-10-4-3-5-11-19)28-22(29-24(21)31)18-9-7-13-30(15-18)25(32)17-8-6-12-20(14-17)33-2/h6,8,12,14,18-19,26H,3-5,7,9-11,13,15H2,1-2H3,(H2,27,28,29,31). The maximum atomic E-state index is 13.1. The van der Waals surface area contributed by atoms with Gasteiger partial charge in [-0.1, -0.05) is 25.3 Å². The molecule has 2 aromatic rings. The minimum Gasteiger partial charge on any atom is -0.497 e. The third kappa shape index (κ3) is 5.26. The predicted molar refractivity (Wildman–Crippen MR) is 129 cm³/mol. The second-order valence-electron chi connectivity index (χ2n) is 9.10. The van der Waals surface area contributed by atoms with E-state index in [9.17, 15) is 9.59 Å². The van der Waals surface area contributed by atoms with Crippen LogP contribution in [-0.4, -0.2) is 52.7 Å². The Morgan fingerprint density at radius 3 is 2.73 bits per heavy atom. The van der Waals surface area contributed by atoms with Crippen molar-refractivity contribution >= 4 is 17.4 Å². The van der Waals surface area contributed by atoms with Crippen LogP contribution >= 0.6 is 0 Å². The molecule has 2 heterocycles. The summed E-state index contributed by atoms with van der Waals surface area (Å²) in [7, 11) is 1.58. The fourth-order valence-corrected chi connectivity index (χ4v) is 4.90. The van der Waals surface area contributed by atoms with Crippen LogP contribution < -0.4 is 15.6 Å². The van der Waals surface area contributed by atoms with Gasteiger partial charge in [-0.2, -0.15) is 0 Å². The highest BCUT2D eigenvalue weighted by atomic mass is 16.5. The first-order chi connectivity index (χ1) is 16.0. The molecule has 1 amide bonds. The average molecular weight is 452 g/mol. The summed E-state index contributed by atoms with van der Waals surface area (Å²) in [5.74, 6) is 1.63. The lowest BCUT2D eigenvalue weighted by Crippen LogP contribution is -2.40. The number of rotatable bonds is 6. The molecule has 2 fully saturated rings. The summed E-state index contributed by atoms with van der Waals surface area (Å²) in [6.07, 6.45) is 7.34. The Morgan fingerprint density at radius 2 is 2.00 bits per heavy atom. The van der Waals surface area contributed by atoms with Crippen molar-refractivity contribution in [2.75, 3.05) is 25.5 Å². The van der Waals surface area contributed by atoms with Crippen LogP contribution in [0.4, 0.5) is 5.82 Å². The molecule has 1 aromatic heterocycles. The number of amides is 1. The molecule has 33 heavy (non-hydrogen) atoms. The first-order valence-corrected chi connectivity index (χ1v) is 11.9. The van der Waals surface area contributed by atoms with Crippen molar-refractivity contribution in [2.45, 2.75) is 63.8 Å². The normalized spacial score (nSPS) is 19.2. The van der Waals surface area contributed by atoms with Crippen LogP contribution in [0.2, 0.25) is 0 Å². The molecule has 1 atom stereocenters. The summed E-state index contributed by atoms with van der Waals surface area (Å²) in [4.78, 5) is 35.6. The van der Waals surface area contributed by atoms with Crippen LogP contribution in [0.25, 0.3) is 0 Å². The minimum atomic E-state index is -0.290. The quantitative estimate of drug-likeness (QED) is 0.576. The summed E-state index contributed by atoms with van der Waals surface area (Å²) < 4.78 is 5.26. The van der Waals surface area contributed by atoms with Crippen molar-refractivity contribution in [3.8, 4) is 5.75 Å². The number of ether oxygens (including phenoxy) is 1. The van der Waals surface area contributed by atoms with Gasteiger partial charge < -0.3 is 25.3 Å². The molecule has 1 saturated carbocycles. The number of hydrogen-bond acceptors (Lipinski definition) is 6. The van der Waals surface area contributed by atoms with E-state index in [2.05, 4.69) is 10.3 Å². The van der Waals surface area contributed by atoms with Gasteiger partial charge in [0.15, 0.2) is 0 Å². The van der Waals surface area contributed by atoms with Crippen molar-refractivity contribution in [3.05, 3.63) is 51.6 Å². The SMILES string of the molecule is COc1cccc(C(=O)N2CCCC(c3nc(NC4CCCCC4)c(C(C)=N)c(=O)[nH]3)C2)c1. The van der Waals surface area contributed by atoms with Crippen LogP contribution in [0.15, 0.2) is 29.1 Å². The molecule has 1 saturated heterocycles. The van der Waals surface area contributed by atoms with E-state index in [1.165, 1.54) is 6.42 Å². The highest BCUT2D eigenvalue weighted by molar-refractivity contribution is 6.00. The van der Waals surface area contributed by atoms with Crippen molar-refractivity contribution in [1.82, 2.24) is 14.9 Å². The van der Waals surface area contributed by atoms with E-state index in [0.717, 1.165) is 38.5 Å². The van der Waals surface area contributed by atoms with E-state index >= 15 is 0 Å². The minimum absolute atomic E-state index is 0.0477. The van der Waals surface area contributed by atoms with E-state index in [0.29, 0.717) is 41.6 Å². The molecule has 0 bridgehead atoms. The van der Waals surface area contributed by atoms with E-state index in [-0.39, 0.29) is 29.1 Å².